The zero-order valence-electron chi connectivity index (χ0n) is 17.8. The number of aromatic nitrogens is 3. The summed E-state index contributed by atoms with van der Waals surface area (Å²) in [5.74, 6) is -0.169. The van der Waals surface area contributed by atoms with E-state index in [9.17, 15) is 9.59 Å². The molecule has 2 fully saturated rings. The van der Waals surface area contributed by atoms with E-state index in [-0.39, 0.29) is 11.8 Å². The van der Waals surface area contributed by atoms with E-state index in [1.54, 1.807) is 24.4 Å². The average Bonchev–Trinajstić information content (AvgIpc) is 3.55. The molecule has 5 rings (SSSR count). The van der Waals surface area contributed by atoms with Crippen molar-refractivity contribution in [2.24, 2.45) is 0 Å². The number of pyridine rings is 1. The Bertz CT molecular complexity index is 1140. The van der Waals surface area contributed by atoms with Crippen LogP contribution in [0.3, 0.4) is 0 Å². The van der Waals surface area contributed by atoms with Crippen molar-refractivity contribution in [3.63, 3.8) is 0 Å². The highest BCUT2D eigenvalue weighted by Gasteiger charge is 2.21. The summed E-state index contributed by atoms with van der Waals surface area (Å²) in [6.45, 7) is 3.55. The Kier molecular flexibility index (Phi) is 5.18. The van der Waals surface area contributed by atoms with E-state index in [0.717, 1.165) is 55.5 Å². The summed E-state index contributed by atoms with van der Waals surface area (Å²) in [7, 11) is 0. The van der Waals surface area contributed by atoms with Crippen molar-refractivity contribution in [3.05, 3.63) is 53.5 Å². The second-order valence-electron chi connectivity index (χ2n) is 8.64. The van der Waals surface area contributed by atoms with Gasteiger partial charge in [-0.1, -0.05) is 12.8 Å². The van der Waals surface area contributed by atoms with Gasteiger partial charge in [-0.05, 0) is 62.4 Å². The molecule has 1 aliphatic carbocycles. The summed E-state index contributed by atoms with van der Waals surface area (Å²) in [5, 5.41) is 2.95. The lowest BCUT2D eigenvalue weighted by Crippen LogP contribution is -2.27. The molecule has 0 unspecified atom stereocenters. The summed E-state index contributed by atoms with van der Waals surface area (Å²) in [6.07, 6.45) is 10.4. The maximum absolute atomic E-state index is 12.8. The Morgan fingerprint density at radius 2 is 1.77 bits per heavy atom. The van der Waals surface area contributed by atoms with Gasteiger partial charge in [0.15, 0.2) is 5.65 Å². The minimum absolute atomic E-state index is 0.0611. The third-order valence-corrected chi connectivity index (χ3v) is 6.51. The van der Waals surface area contributed by atoms with Gasteiger partial charge in [0.1, 0.15) is 5.52 Å². The number of nitrogens with zero attached hydrogens (tertiary/aromatic N) is 4. The molecule has 0 spiro atoms. The summed E-state index contributed by atoms with van der Waals surface area (Å²) < 4.78 is 2.14. The number of likely N-dealkylation sites (tertiary alicyclic amines) is 1. The van der Waals surface area contributed by atoms with Gasteiger partial charge in [0.25, 0.3) is 11.8 Å². The molecule has 2 aromatic heterocycles. The van der Waals surface area contributed by atoms with Crippen LogP contribution in [0.2, 0.25) is 0 Å². The highest BCUT2D eigenvalue weighted by Crippen LogP contribution is 2.31. The molecular weight excluding hydrogens is 390 g/mol. The monoisotopic (exact) mass is 417 g/mol. The molecule has 1 saturated heterocycles. The predicted octanol–water partition coefficient (Wildman–Crippen LogP) is 4.34. The van der Waals surface area contributed by atoms with E-state index >= 15 is 0 Å². The number of hydrogen-bond donors (Lipinski definition) is 1. The van der Waals surface area contributed by atoms with Gasteiger partial charge in [-0.25, -0.2) is 9.97 Å². The lowest BCUT2D eigenvalue weighted by atomic mass is 10.1. The zero-order valence-corrected chi connectivity index (χ0v) is 17.8. The molecule has 0 atom stereocenters. The molecule has 1 saturated carbocycles. The fourth-order valence-electron chi connectivity index (χ4n) is 4.73. The van der Waals surface area contributed by atoms with E-state index in [2.05, 4.69) is 19.9 Å². The number of anilines is 1. The number of carbonyl (C=O) groups excluding carboxylic acids is 2. The van der Waals surface area contributed by atoms with Crippen molar-refractivity contribution < 1.29 is 9.59 Å². The lowest BCUT2D eigenvalue weighted by Gasteiger charge is -2.16. The summed E-state index contributed by atoms with van der Waals surface area (Å²) in [6, 6.07) is 7.69. The van der Waals surface area contributed by atoms with Crippen LogP contribution in [-0.2, 0) is 0 Å². The van der Waals surface area contributed by atoms with Gasteiger partial charge in [-0.15, -0.1) is 0 Å². The minimum atomic E-state index is -0.230. The Morgan fingerprint density at radius 1 is 1.00 bits per heavy atom. The number of rotatable bonds is 4. The van der Waals surface area contributed by atoms with Crippen LogP contribution < -0.4 is 5.32 Å². The zero-order chi connectivity index (χ0) is 21.4. The minimum Gasteiger partial charge on any atom is -0.339 e. The normalized spacial score (nSPS) is 16.9. The molecular formula is C24H27N5O2. The van der Waals surface area contributed by atoms with Gasteiger partial charge >= 0.3 is 0 Å². The fourth-order valence-corrected chi connectivity index (χ4v) is 4.73. The summed E-state index contributed by atoms with van der Waals surface area (Å²) in [4.78, 5) is 36.3. The standard InChI is InChI=1S/C24H27N5O2/c1-16-12-17(24(31)28-10-4-5-11-28)8-9-20(16)27-23(30)18-13-21-22(25-14-18)29(15-26-21)19-6-2-3-7-19/h8-9,12-15,19H,2-7,10-11H2,1H3,(H,27,30). The number of benzene rings is 1. The summed E-state index contributed by atoms with van der Waals surface area (Å²) in [5.41, 5.74) is 4.27. The van der Waals surface area contributed by atoms with Crippen molar-refractivity contribution in [2.75, 3.05) is 18.4 Å². The molecule has 3 aromatic rings. The molecule has 7 heteroatoms. The van der Waals surface area contributed by atoms with Crippen molar-refractivity contribution in [3.8, 4) is 0 Å². The summed E-state index contributed by atoms with van der Waals surface area (Å²) >= 11 is 0. The van der Waals surface area contributed by atoms with Crippen LogP contribution in [0.1, 0.15) is 70.8 Å². The smallest absolute Gasteiger partial charge is 0.257 e. The quantitative estimate of drug-likeness (QED) is 0.685. The van der Waals surface area contributed by atoms with E-state index < -0.39 is 0 Å². The average molecular weight is 418 g/mol. The van der Waals surface area contributed by atoms with Crippen molar-refractivity contribution in [1.82, 2.24) is 19.4 Å². The maximum Gasteiger partial charge on any atom is 0.257 e. The molecule has 0 bridgehead atoms. The molecule has 3 heterocycles. The van der Waals surface area contributed by atoms with Crippen LogP contribution in [0.15, 0.2) is 36.8 Å². The molecule has 31 heavy (non-hydrogen) atoms. The van der Waals surface area contributed by atoms with Gasteiger partial charge in [0, 0.05) is 36.6 Å². The molecule has 7 nitrogen and oxygen atoms in total. The number of aryl methyl sites for hydroxylation is 1. The topological polar surface area (TPSA) is 80.1 Å². The van der Waals surface area contributed by atoms with E-state index in [1.165, 1.54) is 12.8 Å². The molecule has 1 aliphatic heterocycles. The molecule has 2 aliphatic rings. The Balaban J connectivity index is 1.32. The lowest BCUT2D eigenvalue weighted by molar-refractivity contribution is 0.0792. The molecule has 160 valence electrons. The number of fused-ring (bicyclic) bond motifs is 1. The van der Waals surface area contributed by atoms with Crippen LogP contribution in [0.5, 0.6) is 0 Å². The number of carbonyl (C=O) groups is 2. The molecule has 2 amide bonds. The first-order valence-corrected chi connectivity index (χ1v) is 11.1. The van der Waals surface area contributed by atoms with E-state index in [0.29, 0.717) is 22.9 Å². The highest BCUT2D eigenvalue weighted by molar-refractivity contribution is 6.06. The highest BCUT2D eigenvalue weighted by atomic mass is 16.2. The molecule has 0 radical (unpaired) electrons. The van der Waals surface area contributed by atoms with E-state index in [4.69, 9.17) is 0 Å². The van der Waals surface area contributed by atoms with Crippen molar-refractivity contribution in [2.45, 2.75) is 51.5 Å². The van der Waals surface area contributed by atoms with Gasteiger partial charge < -0.3 is 14.8 Å². The van der Waals surface area contributed by atoms with E-state index in [1.807, 2.05) is 24.2 Å². The van der Waals surface area contributed by atoms with Crippen LogP contribution in [0.4, 0.5) is 5.69 Å². The van der Waals surface area contributed by atoms with Gasteiger partial charge in [0.05, 0.1) is 11.9 Å². The van der Waals surface area contributed by atoms with Gasteiger partial charge in [-0.3, -0.25) is 9.59 Å². The first-order valence-electron chi connectivity index (χ1n) is 11.1. The second-order valence-corrected chi connectivity index (χ2v) is 8.64. The third kappa shape index (κ3) is 3.80. The Morgan fingerprint density at radius 3 is 2.52 bits per heavy atom. The molecule has 1 N–H and O–H groups in total. The SMILES string of the molecule is Cc1cc(C(=O)N2CCCC2)ccc1NC(=O)c1cnc2c(c1)ncn2C1CCCC1. The third-order valence-electron chi connectivity index (χ3n) is 6.51. The van der Waals surface area contributed by atoms with Crippen LogP contribution in [0, 0.1) is 6.92 Å². The van der Waals surface area contributed by atoms with Crippen LogP contribution in [0.25, 0.3) is 11.2 Å². The Labute approximate surface area is 181 Å². The maximum atomic E-state index is 12.8. The fraction of sp³-hybridized carbons (Fsp3) is 0.417. The van der Waals surface area contributed by atoms with Crippen molar-refractivity contribution in [1.29, 1.82) is 0 Å². The first kappa shape index (κ1) is 19.7. The van der Waals surface area contributed by atoms with Gasteiger partial charge in [0.2, 0.25) is 0 Å². The number of amides is 2. The largest absolute Gasteiger partial charge is 0.339 e. The van der Waals surface area contributed by atoms with Crippen LogP contribution in [-0.4, -0.2) is 44.3 Å². The second kappa shape index (κ2) is 8.13. The van der Waals surface area contributed by atoms with Gasteiger partial charge in [-0.2, -0.15) is 0 Å². The number of imidazole rings is 1. The number of nitrogens with one attached hydrogen (secondary N) is 1. The predicted molar refractivity (Wildman–Crippen MR) is 119 cm³/mol. The first-order chi connectivity index (χ1) is 15.1. The Hall–Kier alpha value is -3.22. The molecule has 1 aromatic carbocycles. The number of hydrogen-bond acceptors (Lipinski definition) is 4. The van der Waals surface area contributed by atoms with Crippen molar-refractivity contribution >= 4 is 28.7 Å². The van der Waals surface area contributed by atoms with Crippen LogP contribution >= 0.6 is 0 Å².